The van der Waals surface area contributed by atoms with Gasteiger partial charge < -0.3 is 5.32 Å². The van der Waals surface area contributed by atoms with Crippen LogP contribution in [0, 0.1) is 17.0 Å². The maximum absolute atomic E-state index is 11.9. The number of nitro benzene ring substituents is 1. The van der Waals surface area contributed by atoms with Crippen LogP contribution in [-0.4, -0.2) is 10.2 Å². The lowest BCUT2D eigenvalue weighted by Crippen LogP contribution is -2.05. The minimum Gasteiger partial charge on any atom is -0.315 e. The highest BCUT2D eigenvalue weighted by Gasteiger charge is 2.12. The largest absolute Gasteiger partial charge is 0.315 e. The zero-order valence-electron chi connectivity index (χ0n) is 11.0. The smallest absolute Gasteiger partial charge is 0.288 e. The van der Waals surface area contributed by atoms with Crippen LogP contribution < -0.4 is 5.32 Å². The van der Waals surface area contributed by atoms with Crippen LogP contribution in [0.15, 0.2) is 47.4 Å². The second kappa shape index (κ2) is 6.60. The predicted octanol–water partition coefficient (Wildman–Crippen LogP) is 4.88. The minimum absolute atomic E-state index is 0.121. The molecule has 0 spiro atoms. The highest BCUT2D eigenvalue weighted by molar-refractivity contribution is 8.13. The van der Waals surface area contributed by atoms with Gasteiger partial charge in [-0.15, -0.1) is 0 Å². The van der Waals surface area contributed by atoms with Gasteiger partial charge in [-0.25, -0.2) is 0 Å². The molecule has 7 heteroatoms. The molecular formula is C14H11ClN2O3S. The maximum Gasteiger partial charge on any atom is 0.288 e. The summed E-state index contributed by atoms with van der Waals surface area (Å²) in [5, 5.41) is 13.0. The molecule has 2 aromatic carbocycles. The Bertz CT molecular complexity index is 706. The van der Waals surface area contributed by atoms with Gasteiger partial charge in [-0.05, 0) is 36.9 Å². The number of halogens is 1. The Morgan fingerprint density at radius 2 is 2.05 bits per heavy atom. The molecule has 2 rings (SSSR count). The molecule has 1 N–H and O–H groups in total. The van der Waals surface area contributed by atoms with Gasteiger partial charge in [0.1, 0.15) is 0 Å². The summed E-state index contributed by atoms with van der Waals surface area (Å²) in [5.41, 5.74) is 1.28. The van der Waals surface area contributed by atoms with E-state index in [2.05, 4.69) is 5.32 Å². The summed E-state index contributed by atoms with van der Waals surface area (Å²) in [6.45, 7) is 1.94. The Hall–Kier alpha value is -2.05. The van der Waals surface area contributed by atoms with Crippen molar-refractivity contribution in [3.8, 4) is 0 Å². The monoisotopic (exact) mass is 322 g/mol. The number of nitrogens with one attached hydrogen (secondary N) is 1. The number of carbonyl (C=O) groups is 1. The quantitative estimate of drug-likeness (QED) is 0.496. The van der Waals surface area contributed by atoms with Gasteiger partial charge in [0.05, 0.1) is 15.6 Å². The van der Waals surface area contributed by atoms with Crippen molar-refractivity contribution in [2.45, 2.75) is 11.8 Å². The van der Waals surface area contributed by atoms with Crippen LogP contribution in [0.3, 0.4) is 0 Å². The molecule has 0 unspecified atom stereocenters. The molecule has 108 valence electrons. The van der Waals surface area contributed by atoms with Gasteiger partial charge in [0.25, 0.3) is 10.9 Å². The highest BCUT2D eigenvalue weighted by atomic mass is 35.5. The average molecular weight is 323 g/mol. The standard InChI is InChI=1S/C14H11ClN2O3S/c1-9-3-2-4-11(7-9)21-14(18)16-13-6-5-10(17(19)20)8-12(13)15/h2-8H,1H3,(H,16,18). The Kier molecular flexibility index (Phi) is 4.82. The van der Waals surface area contributed by atoms with E-state index in [0.29, 0.717) is 5.69 Å². The number of nitrogens with zero attached hydrogens (tertiary/aromatic N) is 1. The van der Waals surface area contributed by atoms with E-state index in [1.165, 1.54) is 18.2 Å². The van der Waals surface area contributed by atoms with Crippen molar-refractivity contribution in [2.24, 2.45) is 0 Å². The lowest BCUT2D eigenvalue weighted by Gasteiger charge is -2.07. The molecule has 0 radical (unpaired) electrons. The van der Waals surface area contributed by atoms with Crippen LogP contribution in [0.25, 0.3) is 0 Å². The second-order valence-corrected chi connectivity index (χ2v) is 5.71. The number of amides is 1. The molecule has 0 atom stereocenters. The summed E-state index contributed by atoms with van der Waals surface area (Å²) in [4.78, 5) is 22.8. The third-order valence-electron chi connectivity index (χ3n) is 2.60. The van der Waals surface area contributed by atoms with Crippen LogP contribution >= 0.6 is 23.4 Å². The molecule has 0 saturated carbocycles. The van der Waals surface area contributed by atoms with Crippen molar-refractivity contribution in [2.75, 3.05) is 5.32 Å². The lowest BCUT2D eigenvalue weighted by atomic mass is 10.2. The first kappa shape index (κ1) is 15.3. The molecule has 0 aromatic heterocycles. The van der Waals surface area contributed by atoms with Gasteiger partial charge >= 0.3 is 0 Å². The van der Waals surface area contributed by atoms with E-state index in [4.69, 9.17) is 11.6 Å². The molecule has 5 nitrogen and oxygen atoms in total. The number of carbonyl (C=O) groups excluding carboxylic acids is 1. The van der Waals surface area contributed by atoms with Crippen molar-refractivity contribution >= 4 is 40.0 Å². The number of nitro groups is 1. The summed E-state index contributed by atoms with van der Waals surface area (Å²) in [6, 6.07) is 11.4. The van der Waals surface area contributed by atoms with E-state index >= 15 is 0 Å². The van der Waals surface area contributed by atoms with E-state index in [1.807, 2.05) is 31.2 Å². The van der Waals surface area contributed by atoms with Gasteiger partial charge in [0, 0.05) is 17.0 Å². The Labute approximate surface area is 130 Å². The highest BCUT2D eigenvalue weighted by Crippen LogP contribution is 2.29. The Balaban J connectivity index is 2.08. The Morgan fingerprint density at radius 3 is 2.67 bits per heavy atom. The number of non-ortho nitro benzene ring substituents is 1. The molecule has 0 heterocycles. The first-order valence-electron chi connectivity index (χ1n) is 5.95. The summed E-state index contributed by atoms with van der Waals surface area (Å²) < 4.78 is 0. The van der Waals surface area contributed by atoms with Gasteiger partial charge in [-0.1, -0.05) is 29.3 Å². The van der Waals surface area contributed by atoms with Crippen molar-refractivity contribution in [3.05, 3.63) is 63.2 Å². The number of hydrogen-bond donors (Lipinski definition) is 1. The predicted molar refractivity (Wildman–Crippen MR) is 84.2 cm³/mol. The zero-order chi connectivity index (χ0) is 15.4. The van der Waals surface area contributed by atoms with E-state index < -0.39 is 4.92 Å². The van der Waals surface area contributed by atoms with E-state index in [1.54, 1.807) is 0 Å². The van der Waals surface area contributed by atoms with E-state index in [9.17, 15) is 14.9 Å². The molecule has 21 heavy (non-hydrogen) atoms. The van der Waals surface area contributed by atoms with Crippen molar-refractivity contribution in [3.63, 3.8) is 0 Å². The third-order valence-corrected chi connectivity index (χ3v) is 3.69. The fourth-order valence-electron chi connectivity index (χ4n) is 1.64. The molecule has 0 aliphatic heterocycles. The molecule has 0 aliphatic carbocycles. The molecule has 0 fully saturated rings. The Morgan fingerprint density at radius 1 is 1.29 bits per heavy atom. The van der Waals surface area contributed by atoms with Crippen LogP contribution in [0.5, 0.6) is 0 Å². The number of rotatable bonds is 3. The van der Waals surface area contributed by atoms with Crippen molar-refractivity contribution in [1.82, 2.24) is 0 Å². The van der Waals surface area contributed by atoms with Crippen molar-refractivity contribution < 1.29 is 9.72 Å². The first-order valence-corrected chi connectivity index (χ1v) is 7.14. The molecule has 0 saturated heterocycles. The summed E-state index contributed by atoms with van der Waals surface area (Å²) in [6.07, 6.45) is 0. The maximum atomic E-state index is 11.9. The minimum atomic E-state index is -0.543. The van der Waals surface area contributed by atoms with Crippen LogP contribution in [0.1, 0.15) is 5.56 Å². The zero-order valence-corrected chi connectivity index (χ0v) is 12.6. The van der Waals surface area contributed by atoms with Gasteiger partial charge in [-0.2, -0.15) is 0 Å². The van der Waals surface area contributed by atoms with Crippen LogP contribution in [-0.2, 0) is 0 Å². The number of hydrogen-bond acceptors (Lipinski definition) is 4. The number of thioether (sulfide) groups is 1. The normalized spacial score (nSPS) is 10.2. The van der Waals surface area contributed by atoms with E-state index in [0.717, 1.165) is 22.2 Å². The second-order valence-electron chi connectivity index (χ2n) is 4.25. The number of aryl methyl sites for hydroxylation is 1. The van der Waals surface area contributed by atoms with Gasteiger partial charge in [0.15, 0.2) is 0 Å². The number of anilines is 1. The first-order chi connectivity index (χ1) is 9.95. The molecule has 0 bridgehead atoms. The fourth-order valence-corrected chi connectivity index (χ4v) is 2.63. The van der Waals surface area contributed by atoms with Crippen molar-refractivity contribution in [1.29, 1.82) is 0 Å². The molecule has 1 amide bonds. The van der Waals surface area contributed by atoms with Gasteiger partial charge in [-0.3, -0.25) is 14.9 Å². The molecular weight excluding hydrogens is 312 g/mol. The molecule has 0 aliphatic rings. The SMILES string of the molecule is Cc1cccc(SC(=O)Nc2ccc([N+](=O)[O-])cc2Cl)c1. The number of benzene rings is 2. The average Bonchev–Trinajstić information content (AvgIpc) is 2.40. The summed E-state index contributed by atoms with van der Waals surface area (Å²) >= 11 is 6.95. The molecule has 2 aromatic rings. The van der Waals surface area contributed by atoms with Crippen LogP contribution in [0.4, 0.5) is 16.2 Å². The summed E-state index contributed by atoms with van der Waals surface area (Å²) in [7, 11) is 0. The van der Waals surface area contributed by atoms with E-state index in [-0.39, 0.29) is 15.9 Å². The van der Waals surface area contributed by atoms with Crippen LogP contribution in [0.2, 0.25) is 5.02 Å². The third kappa shape index (κ3) is 4.21. The topological polar surface area (TPSA) is 72.2 Å². The fraction of sp³-hybridized carbons (Fsp3) is 0.0714. The van der Waals surface area contributed by atoms with Gasteiger partial charge in [0.2, 0.25) is 0 Å². The lowest BCUT2D eigenvalue weighted by molar-refractivity contribution is -0.384. The summed E-state index contributed by atoms with van der Waals surface area (Å²) in [5.74, 6) is 0.